The van der Waals surface area contributed by atoms with Crippen LogP contribution in [0.4, 0.5) is 0 Å². The molecule has 2 N–H and O–H groups in total. The van der Waals surface area contributed by atoms with E-state index in [9.17, 15) is 4.79 Å². The van der Waals surface area contributed by atoms with E-state index in [1.165, 1.54) is 0 Å². The number of nitrogens with one attached hydrogen (secondary N) is 2. The zero-order chi connectivity index (χ0) is 16.1. The summed E-state index contributed by atoms with van der Waals surface area (Å²) in [5, 5.41) is 6.34. The first-order valence-corrected chi connectivity index (χ1v) is 7.80. The number of carbonyl (C=O) groups is 1. The Kier molecular flexibility index (Phi) is 4.88. The lowest BCUT2D eigenvalue weighted by atomic mass is 9.87. The van der Waals surface area contributed by atoms with E-state index in [-0.39, 0.29) is 17.7 Å². The Bertz CT molecular complexity index is 660. The number of aromatic nitrogens is 1. The van der Waals surface area contributed by atoms with E-state index in [1.54, 1.807) is 19.5 Å². The largest absolute Gasteiger partial charge is 0.496 e. The van der Waals surface area contributed by atoms with Crippen LogP contribution in [0.5, 0.6) is 5.75 Å². The molecule has 1 aliphatic rings. The average molecular weight is 311 g/mol. The minimum atomic E-state index is -0.0945. The summed E-state index contributed by atoms with van der Waals surface area (Å²) in [6, 6.07) is 11.7. The van der Waals surface area contributed by atoms with Gasteiger partial charge in [0, 0.05) is 37.9 Å². The lowest BCUT2D eigenvalue weighted by Crippen LogP contribution is -2.34. The van der Waals surface area contributed by atoms with Crippen molar-refractivity contribution in [1.29, 1.82) is 0 Å². The Morgan fingerprint density at radius 2 is 2.17 bits per heavy atom. The fraction of sp³-hybridized carbons (Fsp3) is 0.333. The SMILES string of the molecule is COc1ccccc1C1CNCC1C(=O)NCc1cccnc1. The maximum atomic E-state index is 12.6. The summed E-state index contributed by atoms with van der Waals surface area (Å²) < 4.78 is 5.45. The van der Waals surface area contributed by atoms with Crippen LogP contribution < -0.4 is 15.4 Å². The molecule has 0 bridgehead atoms. The molecule has 0 aliphatic carbocycles. The molecule has 5 nitrogen and oxygen atoms in total. The number of carbonyl (C=O) groups excluding carboxylic acids is 1. The number of nitrogens with zero attached hydrogens (tertiary/aromatic N) is 1. The van der Waals surface area contributed by atoms with Crippen LogP contribution in [0.1, 0.15) is 17.0 Å². The molecule has 1 aliphatic heterocycles. The molecule has 1 aromatic carbocycles. The molecule has 1 aromatic heterocycles. The molecule has 120 valence electrons. The summed E-state index contributed by atoms with van der Waals surface area (Å²) >= 11 is 0. The van der Waals surface area contributed by atoms with Gasteiger partial charge in [-0.25, -0.2) is 0 Å². The highest BCUT2D eigenvalue weighted by Gasteiger charge is 2.35. The van der Waals surface area contributed by atoms with Crippen LogP contribution in [0.3, 0.4) is 0 Å². The molecule has 23 heavy (non-hydrogen) atoms. The zero-order valence-corrected chi connectivity index (χ0v) is 13.2. The number of rotatable bonds is 5. The normalized spacial score (nSPS) is 20.2. The van der Waals surface area contributed by atoms with Gasteiger partial charge in [-0.3, -0.25) is 9.78 Å². The van der Waals surface area contributed by atoms with Crippen molar-refractivity contribution in [3.05, 3.63) is 59.9 Å². The molecule has 2 aromatic rings. The van der Waals surface area contributed by atoms with E-state index in [1.807, 2.05) is 36.4 Å². The van der Waals surface area contributed by atoms with Gasteiger partial charge in [-0.05, 0) is 23.3 Å². The van der Waals surface area contributed by atoms with Gasteiger partial charge in [-0.1, -0.05) is 24.3 Å². The number of methoxy groups -OCH3 is 1. The molecule has 0 radical (unpaired) electrons. The third-order valence-corrected chi connectivity index (χ3v) is 4.28. The minimum absolute atomic E-state index is 0.0646. The van der Waals surface area contributed by atoms with Crippen LogP contribution in [0.25, 0.3) is 0 Å². The monoisotopic (exact) mass is 311 g/mol. The first-order valence-electron chi connectivity index (χ1n) is 7.80. The van der Waals surface area contributed by atoms with Gasteiger partial charge >= 0.3 is 0 Å². The highest BCUT2D eigenvalue weighted by atomic mass is 16.5. The molecule has 2 unspecified atom stereocenters. The lowest BCUT2D eigenvalue weighted by Gasteiger charge is -2.20. The molecule has 0 spiro atoms. The number of hydrogen-bond acceptors (Lipinski definition) is 4. The van der Waals surface area contributed by atoms with E-state index >= 15 is 0 Å². The molecule has 0 saturated carbocycles. The van der Waals surface area contributed by atoms with Gasteiger partial charge in [0.1, 0.15) is 5.75 Å². The minimum Gasteiger partial charge on any atom is -0.496 e. The predicted molar refractivity (Wildman–Crippen MR) is 88.2 cm³/mol. The fourth-order valence-corrected chi connectivity index (χ4v) is 3.08. The van der Waals surface area contributed by atoms with Crippen LogP contribution in [0.2, 0.25) is 0 Å². The molecule has 1 saturated heterocycles. The Balaban J connectivity index is 1.70. The van der Waals surface area contributed by atoms with Crippen LogP contribution in [0, 0.1) is 5.92 Å². The van der Waals surface area contributed by atoms with Crippen molar-refractivity contribution in [3.8, 4) is 5.75 Å². The molecule has 2 atom stereocenters. The summed E-state index contributed by atoms with van der Waals surface area (Å²) in [7, 11) is 1.67. The van der Waals surface area contributed by atoms with Gasteiger partial charge in [0.2, 0.25) is 5.91 Å². The van der Waals surface area contributed by atoms with E-state index in [4.69, 9.17) is 4.74 Å². The van der Waals surface area contributed by atoms with Crippen molar-refractivity contribution in [2.24, 2.45) is 5.92 Å². The number of amides is 1. The summed E-state index contributed by atoms with van der Waals surface area (Å²) in [6.45, 7) is 1.97. The van der Waals surface area contributed by atoms with Crippen molar-refractivity contribution in [1.82, 2.24) is 15.6 Å². The molecular formula is C18H21N3O2. The Labute approximate surface area is 136 Å². The van der Waals surface area contributed by atoms with Crippen molar-refractivity contribution < 1.29 is 9.53 Å². The summed E-state index contributed by atoms with van der Waals surface area (Å²) in [5.74, 6) is 0.934. The molecule has 1 fully saturated rings. The zero-order valence-electron chi connectivity index (χ0n) is 13.2. The number of para-hydroxylation sites is 1. The second kappa shape index (κ2) is 7.24. The molecule has 2 heterocycles. The Hall–Kier alpha value is -2.40. The molecule has 1 amide bonds. The van der Waals surface area contributed by atoms with Gasteiger partial charge in [0.15, 0.2) is 0 Å². The lowest BCUT2D eigenvalue weighted by molar-refractivity contribution is -0.125. The maximum absolute atomic E-state index is 12.6. The van der Waals surface area contributed by atoms with Crippen LogP contribution >= 0.6 is 0 Å². The van der Waals surface area contributed by atoms with Crippen LogP contribution in [-0.4, -0.2) is 31.1 Å². The van der Waals surface area contributed by atoms with Crippen molar-refractivity contribution in [2.45, 2.75) is 12.5 Å². The van der Waals surface area contributed by atoms with E-state index < -0.39 is 0 Å². The molecule has 5 heteroatoms. The Morgan fingerprint density at radius 1 is 1.30 bits per heavy atom. The number of ether oxygens (including phenoxy) is 1. The summed E-state index contributed by atoms with van der Waals surface area (Å²) in [5.41, 5.74) is 2.09. The van der Waals surface area contributed by atoms with Gasteiger partial charge in [-0.15, -0.1) is 0 Å². The van der Waals surface area contributed by atoms with E-state index in [0.717, 1.165) is 23.4 Å². The second-order valence-electron chi connectivity index (χ2n) is 5.69. The highest BCUT2D eigenvalue weighted by molar-refractivity contribution is 5.80. The number of benzene rings is 1. The Morgan fingerprint density at radius 3 is 2.96 bits per heavy atom. The van der Waals surface area contributed by atoms with Crippen LogP contribution in [-0.2, 0) is 11.3 Å². The maximum Gasteiger partial charge on any atom is 0.225 e. The standard InChI is InChI=1S/C18H21N3O2/c1-23-17-7-3-2-6-14(17)15-11-20-12-16(15)18(22)21-10-13-5-4-8-19-9-13/h2-9,15-16,20H,10-12H2,1H3,(H,21,22). The first kappa shape index (κ1) is 15.5. The summed E-state index contributed by atoms with van der Waals surface area (Å²) in [6.07, 6.45) is 3.49. The second-order valence-corrected chi connectivity index (χ2v) is 5.69. The van der Waals surface area contributed by atoms with Gasteiger partial charge in [-0.2, -0.15) is 0 Å². The third-order valence-electron chi connectivity index (χ3n) is 4.28. The van der Waals surface area contributed by atoms with E-state index in [0.29, 0.717) is 13.1 Å². The molecular weight excluding hydrogens is 290 g/mol. The quantitative estimate of drug-likeness (QED) is 0.882. The number of hydrogen-bond donors (Lipinski definition) is 2. The topological polar surface area (TPSA) is 63.2 Å². The van der Waals surface area contributed by atoms with Gasteiger partial charge in [0.05, 0.1) is 13.0 Å². The molecule has 3 rings (SSSR count). The van der Waals surface area contributed by atoms with Crippen LogP contribution in [0.15, 0.2) is 48.8 Å². The predicted octanol–water partition coefficient (Wildman–Crippen LogP) is 1.71. The van der Waals surface area contributed by atoms with Gasteiger partial charge in [0.25, 0.3) is 0 Å². The third kappa shape index (κ3) is 3.51. The average Bonchev–Trinajstić information content (AvgIpc) is 3.10. The smallest absolute Gasteiger partial charge is 0.225 e. The first-order chi connectivity index (χ1) is 11.3. The van der Waals surface area contributed by atoms with Crippen molar-refractivity contribution >= 4 is 5.91 Å². The fourth-order valence-electron chi connectivity index (χ4n) is 3.08. The van der Waals surface area contributed by atoms with E-state index in [2.05, 4.69) is 15.6 Å². The van der Waals surface area contributed by atoms with Gasteiger partial charge < -0.3 is 15.4 Å². The number of pyridine rings is 1. The summed E-state index contributed by atoms with van der Waals surface area (Å²) in [4.78, 5) is 16.7. The highest BCUT2D eigenvalue weighted by Crippen LogP contribution is 2.34. The van der Waals surface area contributed by atoms with Crippen molar-refractivity contribution in [2.75, 3.05) is 20.2 Å². The van der Waals surface area contributed by atoms with Crippen molar-refractivity contribution in [3.63, 3.8) is 0 Å².